The average Bonchev–Trinajstić information content (AvgIpc) is 2.81. The first-order valence-corrected chi connectivity index (χ1v) is 9.99. The van der Waals surface area contributed by atoms with Gasteiger partial charge >= 0.3 is 12.4 Å². The lowest BCUT2D eigenvalue weighted by Gasteiger charge is -2.32. The number of hydrogen-bond acceptors (Lipinski definition) is 4. The molecule has 4 aromatic rings. The van der Waals surface area contributed by atoms with Crippen molar-refractivity contribution in [3.8, 4) is 0 Å². The zero-order valence-electron chi connectivity index (χ0n) is 17.1. The topological polar surface area (TPSA) is 32.3 Å². The lowest BCUT2D eigenvalue weighted by molar-refractivity contribution is -0.138. The van der Waals surface area contributed by atoms with Gasteiger partial charge < -0.3 is 0 Å². The number of fused-ring (bicyclic) bond motifs is 2. The molecule has 172 valence electrons. The van der Waals surface area contributed by atoms with Crippen LogP contribution in [-0.4, -0.2) is 9.97 Å². The smallest absolute Gasteiger partial charge is 0.297 e. The van der Waals surface area contributed by atoms with Gasteiger partial charge in [0.2, 0.25) is 0 Å². The van der Waals surface area contributed by atoms with Crippen LogP contribution in [0.25, 0.3) is 11.0 Å². The fourth-order valence-corrected chi connectivity index (χ4v) is 3.66. The lowest BCUT2D eigenvalue weighted by atomic mass is 10.1. The lowest BCUT2D eigenvalue weighted by Crippen LogP contribution is -2.24. The van der Waals surface area contributed by atoms with E-state index in [1.807, 2.05) is 0 Å². The van der Waals surface area contributed by atoms with Crippen molar-refractivity contribution in [2.24, 2.45) is 0 Å². The Kier molecular flexibility index (Phi) is 4.96. The summed E-state index contributed by atoms with van der Waals surface area (Å²) in [6.07, 6.45) is -6.20. The molecular weight excluding hydrogens is 458 g/mol. The van der Waals surface area contributed by atoms with E-state index in [1.165, 1.54) is 46.5 Å². The van der Waals surface area contributed by atoms with Gasteiger partial charge in [-0.15, -0.1) is 0 Å². The van der Waals surface area contributed by atoms with E-state index >= 15 is 0 Å². The molecule has 0 unspecified atom stereocenters. The Bertz CT molecular complexity index is 1300. The molecule has 10 heteroatoms. The predicted molar refractivity (Wildman–Crippen MR) is 116 cm³/mol. The molecule has 2 heterocycles. The van der Waals surface area contributed by atoms with Crippen LogP contribution in [0.4, 0.5) is 49.4 Å². The first kappa shape index (κ1) is 21.7. The number of alkyl halides is 6. The van der Waals surface area contributed by atoms with Gasteiger partial charge in [0.1, 0.15) is 0 Å². The number of nitrogens with zero attached hydrogens (tertiary/aromatic N) is 4. The summed E-state index contributed by atoms with van der Waals surface area (Å²) < 4.78 is 79.8. The van der Waals surface area contributed by atoms with E-state index in [1.54, 1.807) is 24.3 Å². The molecule has 0 aliphatic carbocycles. The van der Waals surface area contributed by atoms with E-state index in [-0.39, 0.29) is 23.0 Å². The highest BCUT2D eigenvalue weighted by Crippen LogP contribution is 2.42. The van der Waals surface area contributed by atoms with Crippen molar-refractivity contribution >= 4 is 34.0 Å². The molecule has 5 rings (SSSR count). The molecule has 0 N–H and O–H groups in total. The molecule has 0 fully saturated rings. The third-order valence-corrected chi connectivity index (χ3v) is 5.26. The van der Waals surface area contributed by atoms with Crippen LogP contribution >= 0.6 is 0 Å². The zero-order chi connectivity index (χ0) is 24.1. The van der Waals surface area contributed by atoms with Crippen molar-refractivity contribution in [2.45, 2.75) is 12.4 Å². The number of para-hydroxylation sites is 2. The second-order valence-electron chi connectivity index (χ2n) is 7.49. The van der Waals surface area contributed by atoms with Gasteiger partial charge in [0, 0.05) is 23.8 Å². The molecule has 0 saturated heterocycles. The van der Waals surface area contributed by atoms with Gasteiger partial charge in [-0.05, 0) is 48.5 Å². The van der Waals surface area contributed by atoms with Gasteiger partial charge in [-0.3, -0.25) is 9.80 Å². The van der Waals surface area contributed by atoms with E-state index in [9.17, 15) is 26.3 Å². The molecule has 34 heavy (non-hydrogen) atoms. The molecule has 0 bridgehead atoms. The Labute approximate surface area is 189 Å². The summed E-state index contributed by atoms with van der Waals surface area (Å²) in [6, 6.07) is 16.3. The summed E-state index contributed by atoms with van der Waals surface area (Å²) in [6.45, 7) is 0. The van der Waals surface area contributed by atoms with Crippen molar-refractivity contribution in [2.75, 3.05) is 9.80 Å². The minimum absolute atomic E-state index is 0.179. The maximum atomic E-state index is 13.3. The van der Waals surface area contributed by atoms with Gasteiger partial charge in [-0.1, -0.05) is 24.3 Å². The predicted octanol–water partition coefficient (Wildman–Crippen LogP) is 7.43. The third kappa shape index (κ3) is 3.91. The van der Waals surface area contributed by atoms with Crippen LogP contribution in [0.3, 0.4) is 0 Å². The van der Waals surface area contributed by atoms with E-state index in [4.69, 9.17) is 0 Å². The summed E-state index contributed by atoms with van der Waals surface area (Å²) >= 11 is 0. The van der Waals surface area contributed by atoms with E-state index in [0.717, 1.165) is 24.3 Å². The maximum absolute atomic E-state index is 13.3. The van der Waals surface area contributed by atoms with Crippen molar-refractivity contribution < 1.29 is 26.3 Å². The largest absolute Gasteiger partial charge is 0.416 e. The summed E-state index contributed by atoms with van der Waals surface area (Å²) in [4.78, 5) is 12.0. The fraction of sp³-hybridized carbons (Fsp3) is 0.0833. The van der Waals surface area contributed by atoms with Crippen molar-refractivity contribution in [1.82, 2.24) is 9.97 Å². The van der Waals surface area contributed by atoms with E-state index in [0.29, 0.717) is 11.0 Å². The molecule has 1 aromatic heterocycles. The van der Waals surface area contributed by atoms with Gasteiger partial charge in [-0.2, -0.15) is 26.3 Å². The minimum atomic E-state index is -4.54. The normalized spacial score (nSPS) is 13.9. The highest BCUT2D eigenvalue weighted by molar-refractivity contribution is 5.88. The fourth-order valence-electron chi connectivity index (χ4n) is 3.66. The monoisotopic (exact) mass is 472 g/mol. The van der Waals surface area contributed by atoms with Gasteiger partial charge in [0.25, 0.3) is 0 Å². The van der Waals surface area contributed by atoms with Crippen LogP contribution in [0.1, 0.15) is 11.1 Å². The standard InChI is InChI=1S/C24H14F6N4/c25-23(26,27)15-5-3-7-17(13-15)33-11-12-34(18-8-4-6-16(14-18)24(28,29)30)22-21(33)31-19-9-1-2-10-20(19)32-22/h1-14H. The Balaban J connectivity index is 1.68. The molecular formula is C24H14F6N4. The molecule has 0 amide bonds. The SMILES string of the molecule is FC(F)(F)c1cccc(N2C=CN(c3cccc(C(F)(F)F)c3)c3nc4ccccc4nc32)c1. The van der Waals surface area contributed by atoms with Crippen LogP contribution in [0.2, 0.25) is 0 Å². The van der Waals surface area contributed by atoms with E-state index in [2.05, 4.69) is 9.97 Å². The van der Waals surface area contributed by atoms with Crippen molar-refractivity contribution in [1.29, 1.82) is 0 Å². The summed E-state index contributed by atoms with van der Waals surface area (Å²) in [5.41, 5.74) is -0.348. The summed E-state index contributed by atoms with van der Waals surface area (Å²) in [7, 11) is 0. The Morgan fingerprint density at radius 2 is 0.941 bits per heavy atom. The number of benzene rings is 3. The third-order valence-electron chi connectivity index (χ3n) is 5.26. The number of halogens is 6. The minimum Gasteiger partial charge on any atom is -0.297 e. The first-order valence-electron chi connectivity index (χ1n) is 9.99. The quantitative estimate of drug-likeness (QED) is 0.284. The first-order chi connectivity index (χ1) is 16.1. The highest BCUT2D eigenvalue weighted by Gasteiger charge is 2.33. The van der Waals surface area contributed by atoms with Crippen molar-refractivity contribution in [3.63, 3.8) is 0 Å². The average molecular weight is 472 g/mol. The zero-order valence-corrected chi connectivity index (χ0v) is 17.1. The van der Waals surface area contributed by atoms with Crippen LogP contribution in [0.5, 0.6) is 0 Å². The van der Waals surface area contributed by atoms with Crippen LogP contribution in [0, 0.1) is 0 Å². The Morgan fingerprint density at radius 1 is 0.529 bits per heavy atom. The molecule has 1 aliphatic rings. The Morgan fingerprint density at radius 3 is 1.32 bits per heavy atom. The van der Waals surface area contributed by atoms with Crippen LogP contribution in [0.15, 0.2) is 85.2 Å². The van der Waals surface area contributed by atoms with Crippen LogP contribution in [-0.2, 0) is 12.4 Å². The van der Waals surface area contributed by atoms with E-state index < -0.39 is 23.5 Å². The van der Waals surface area contributed by atoms with Gasteiger partial charge in [0.15, 0.2) is 11.6 Å². The maximum Gasteiger partial charge on any atom is 0.416 e. The molecule has 3 aromatic carbocycles. The molecule has 0 atom stereocenters. The second kappa shape index (κ2) is 7.75. The number of aromatic nitrogens is 2. The molecule has 0 saturated carbocycles. The van der Waals surface area contributed by atoms with Gasteiger partial charge in [-0.25, -0.2) is 9.97 Å². The summed E-state index contributed by atoms with van der Waals surface area (Å²) in [5.74, 6) is 0.357. The number of rotatable bonds is 2. The Hall–Kier alpha value is -4.08. The molecule has 1 aliphatic heterocycles. The number of anilines is 4. The van der Waals surface area contributed by atoms with Crippen LogP contribution < -0.4 is 9.80 Å². The van der Waals surface area contributed by atoms with Crippen molar-refractivity contribution in [3.05, 3.63) is 96.3 Å². The second-order valence-corrected chi connectivity index (χ2v) is 7.49. The summed E-state index contributed by atoms with van der Waals surface area (Å²) in [5, 5.41) is 0. The molecule has 4 nitrogen and oxygen atoms in total. The molecule has 0 spiro atoms. The number of hydrogen-bond donors (Lipinski definition) is 0. The van der Waals surface area contributed by atoms with Gasteiger partial charge in [0.05, 0.1) is 22.2 Å². The highest BCUT2D eigenvalue weighted by atomic mass is 19.4. The molecule has 0 radical (unpaired) electrons.